The number of fused-ring (bicyclic) bond motifs is 4. The van der Waals surface area contributed by atoms with Crippen molar-refractivity contribution in [1.82, 2.24) is 9.80 Å². The first-order valence-corrected chi connectivity index (χ1v) is 32.2. The standard InChI is InChI=1S/C55H68N4O12Si2/c1-64-40-16-12-36(13-17-40)38-26-46-54(62)58(34-68-22-24-72(5,6)7)44-30-50(48(66-3)28-42(44)52(60)56(46)32-38)70-20-11-21-71-51-31-45-43(29-49(51)67-4)53(61)57-33-39(37-14-18-41(65-2)19-15-37)27-47(57)55(63)59(45)35-69-23-25-73(8,9)10/h12-19,28-33,46-47H,11,20-27,34-35H2,1-10H3/t46-,47+. The second-order valence-corrected chi connectivity index (χ2v) is 32.2. The zero-order chi connectivity index (χ0) is 52.2. The van der Waals surface area contributed by atoms with Crippen molar-refractivity contribution in [3.63, 3.8) is 0 Å². The Labute approximate surface area is 430 Å². The van der Waals surface area contributed by atoms with Gasteiger partial charge >= 0.3 is 0 Å². The minimum Gasteiger partial charge on any atom is -0.497 e. The van der Waals surface area contributed by atoms with E-state index in [1.165, 1.54) is 24.0 Å². The van der Waals surface area contributed by atoms with Gasteiger partial charge in [0.1, 0.15) is 37.0 Å². The van der Waals surface area contributed by atoms with Gasteiger partial charge < -0.3 is 47.7 Å². The monoisotopic (exact) mass is 1030 g/mol. The second kappa shape index (κ2) is 22.3. The molecule has 0 bridgehead atoms. The number of benzene rings is 4. The van der Waals surface area contributed by atoms with Gasteiger partial charge in [-0.2, -0.15) is 0 Å². The number of amides is 4. The van der Waals surface area contributed by atoms with Crippen molar-refractivity contribution in [3.05, 3.63) is 107 Å². The Hall–Kier alpha value is -6.61. The highest BCUT2D eigenvalue weighted by molar-refractivity contribution is 6.76. The first-order valence-electron chi connectivity index (χ1n) is 24.8. The summed E-state index contributed by atoms with van der Waals surface area (Å²) in [6, 6.07) is 21.9. The topological polar surface area (TPSA) is 155 Å². The molecule has 73 heavy (non-hydrogen) atoms. The summed E-state index contributed by atoms with van der Waals surface area (Å²) < 4.78 is 47.4. The Morgan fingerprint density at radius 1 is 0.493 bits per heavy atom. The molecule has 4 heterocycles. The first-order chi connectivity index (χ1) is 34.9. The molecule has 0 aliphatic carbocycles. The van der Waals surface area contributed by atoms with Gasteiger partial charge in [0.05, 0.1) is 64.2 Å². The van der Waals surface area contributed by atoms with Crippen molar-refractivity contribution >= 4 is 62.3 Å². The normalized spacial score (nSPS) is 17.6. The van der Waals surface area contributed by atoms with Crippen molar-refractivity contribution in [2.75, 3.05) is 78.1 Å². The molecule has 18 heteroatoms. The largest absolute Gasteiger partial charge is 0.497 e. The third kappa shape index (κ3) is 11.8. The van der Waals surface area contributed by atoms with E-state index in [1.807, 2.05) is 48.5 Å². The van der Waals surface area contributed by atoms with Crippen molar-refractivity contribution in [3.8, 4) is 34.5 Å². The molecule has 4 aliphatic heterocycles. The van der Waals surface area contributed by atoms with Crippen LogP contribution in [0.25, 0.3) is 11.1 Å². The highest BCUT2D eigenvalue weighted by Crippen LogP contribution is 2.44. The van der Waals surface area contributed by atoms with E-state index < -0.39 is 28.2 Å². The van der Waals surface area contributed by atoms with Crippen LogP contribution in [-0.2, 0) is 19.1 Å². The summed E-state index contributed by atoms with van der Waals surface area (Å²) in [7, 11) is 3.32. The number of rotatable bonds is 22. The summed E-state index contributed by atoms with van der Waals surface area (Å²) >= 11 is 0. The van der Waals surface area contributed by atoms with Crippen LogP contribution >= 0.6 is 0 Å². The number of anilines is 2. The Bertz CT molecular complexity index is 2580. The van der Waals surface area contributed by atoms with E-state index in [-0.39, 0.29) is 61.4 Å². The summed E-state index contributed by atoms with van der Waals surface area (Å²) in [4.78, 5) is 64.3. The van der Waals surface area contributed by atoms with Gasteiger partial charge in [-0.3, -0.25) is 29.0 Å². The lowest BCUT2D eigenvalue weighted by Gasteiger charge is -2.27. The van der Waals surface area contributed by atoms with Gasteiger partial charge in [0.15, 0.2) is 23.0 Å². The molecule has 0 aromatic heterocycles. The highest BCUT2D eigenvalue weighted by atomic mass is 28.3. The van der Waals surface area contributed by atoms with Crippen LogP contribution in [0.2, 0.25) is 51.4 Å². The molecular formula is C55H68N4O12Si2. The van der Waals surface area contributed by atoms with E-state index in [4.69, 9.17) is 37.9 Å². The molecule has 4 aliphatic rings. The summed E-state index contributed by atoms with van der Waals surface area (Å²) in [6.07, 6.45) is 4.56. The third-order valence-corrected chi connectivity index (χ3v) is 16.8. The molecule has 0 spiro atoms. The lowest BCUT2D eigenvalue weighted by molar-refractivity contribution is -0.123. The molecule has 4 aromatic rings. The maximum atomic E-state index is 14.6. The van der Waals surface area contributed by atoms with Crippen LogP contribution in [0.5, 0.6) is 34.5 Å². The second-order valence-electron chi connectivity index (χ2n) is 20.9. The quantitative estimate of drug-likeness (QED) is 0.0544. The number of carbonyl (C=O) groups excluding carboxylic acids is 4. The van der Waals surface area contributed by atoms with Crippen LogP contribution in [0.3, 0.4) is 0 Å². The van der Waals surface area contributed by atoms with E-state index >= 15 is 0 Å². The molecule has 0 unspecified atom stereocenters. The zero-order valence-corrected chi connectivity index (χ0v) is 45.7. The fraction of sp³-hybridized carbons (Fsp3) is 0.418. The van der Waals surface area contributed by atoms with Crippen molar-refractivity contribution in [2.24, 2.45) is 0 Å². The van der Waals surface area contributed by atoms with Crippen LogP contribution in [0, 0.1) is 0 Å². The van der Waals surface area contributed by atoms with Crippen LogP contribution in [0.15, 0.2) is 85.2 Å². The molecular weight excluding hydrogens is 965 g/mol. The molecule has 0 N–H and O–H groups in total. The van der Waals surface area contributed by atoms with E-state index in [1.54, 1.807) is 60.7 Å². The zero-order valence-electron chi connectivity index (χ0n) is 43.7. The summed E-state index contributed by atoms with van der Waals surface area (Å²) in [5, 5.41) is 0. The molecule has 388 valence electrons. The molecule has 0 saturated carbocycles. The van der Waals surface area contributed by atoms with Crippen molar-refractivity contribution in [2.45, 2.75) is 82.7 Å². The first kappa shape index (κ1) is 52.7. The van der Waals surface area contributed by atoms with Crippen molar-refractivity contribution in [1.29, 1.82) is 0 Å². The summed E-state index contributed by atoms with van der Waals surface area (Å²) in [6.45, 7) is 14.8. The van der Waals surface area contributed by atoms with E-state index in [2.05, 4.69) is 39.3 Å². The highest BCUT2D eigenvalue weighted by Gasteiger charge is 2.45. The molecule has 0 saturated heterocycles. The average molecular weight is 1030 g/mol. The Kier molecular flexibility index (Phi) is 16.1. The molecule has 0 fully saturated rings. The smallest absolute Gasteiger partial charge is 0.260 e. The van der Waals surface area contributed by atoms with Gasteiger partial charge in [0.2, 0.25) is 0 Å². The van der Waals surface area contributed by atoms with Gasteiger partial charge in [-0.25, -0.2) is 0 Å². The Morgan fingerprint density at radius 2 is 0.877 bits per heavy atom. The van der Waals surface area contributed by atoms with Gasteiger partial charge in [-0.15, -0.1) is 0 Å². The summed E-state index contributed by atoms with van der Waals surface area (Å²) in [5.74, 6) is 1.49. The van der Waals surface area contributed by atoms with Gasteiger partial charge in [-0.05, 0) is 70.8 Å². The number of carbonyl (C=O) groups is 4. The summed E-state index contributed by atoms with van der Waals surface area (Å²) in [5.41, 5.74) is 4.78. The van der Waals surface area contributed by atoms with Gasteiger partial charge in [0, 0.05) is 73.2 Å². The molecule has 0 radical (unpaired) electrons. The third-order valence-electron chi connectivity index (χ3n) is 13.4. The number of hydrogen-bond donors (Lipinski definition) is 0. The van der Waals surface area contributed by atoms with Crippen LogP contribution in [0.1, 0.15) is 51.1 Å². The fourth-order valence-corrected chi connectivity index (χ4v) is 10.6. The minimum absolute atomic E-state index is 0.0483. The molecule has 4 aromatic carbocycles. The number of nitrogens with zero attached hydrogens (tertiary/aromatic N) is 4. The predicted octanol–water partition coefficient (Wildman–Crippen LogP) is 9.40. The minimum atomic E-state index is -1.45. The Morgan fingerprint density at radius 3 is 1.22 bits per heavy atom. The molecule has 2 atom stereocenters. The maximum absolute atomic E-state index is 14.6. The SMILES string of the molecule is COc1ccc(C2=CN3C(=O)c4cc(OC)c(OCCCOc5cc6c(cc5OC)C(=O)N5C=C(c7ccc(OC)cc7)C[C@H]5C(=O)N6COCC[Si](C)(C)C)cc4N(COCC[Si](C)(C)C)C(=O)[C@H]3C2)cc1. The molecule has 8 rings (SSSR count). The van der Waals surface area contributed by atoms with E-state index in [0.717, 1.165) is 34.4 Å². The van der Waals surface area contributed by atoms with E-state index in [0.29, 0.717) is 78.3 Å². The number of ether oxygens (including phenoxy) is 8. The lowest BCUT2D eigenvalue weighted by Crippen LogP contribution is -2.45. The van der Waals surface area contributed by atoms with Crippen LogP contribution in [0.4, 0.5) is 11.4 Å². The average Bonchev–Trinajstić information content (AvgIpc) is 4.01. The lowest BCUT2D eigenvalue weighted by atomic mass is 10.0. The maximum Gasteiger partial charge on any atom is 0.260 e. The molecule has 4 amide bonds. The number of methoxy groups -OCH3 is 4. The van der Waals surface area contributed by atoms with E-state index in [9.17, 15) is 19.2 Å². The Balaban J connectivity index is 1.01. The van der Waals surface area contributed by atoms with Gasteiger partial charge in [-0.1, -0.05) is 63.5 Å². The van der Waals surface area contributed by atoms with Crippen LogP contribution in [-0.4, -0.2) is 130 Å². The van der Waals surface area contributed by atoms with Crippen LogP contribution < -0.4 is 38.2 Å². The fourth-order valence-electron chi connectivity index (χ4n) is 9.11. The predicted molar refractivity (Wildman–Crippen MR) is 286 cm³/mol. The van der Waals surface area contributed by atoms with Crippen molar-refractivity contribution < 1.29 is 57.1 Å². The molecule has 16 nitrogen and oxygen atoms in total. The number of hydrogen-bond acceptors (Lipinski definition) is 12. The van der Waals surface area contributed by atoms with Gasteiger partial charge in [0.25, 0.3) is 23.6 Å².